The predicted octanol–water partition coefficient (Wildman–Crippen LogP) is 3.19. The molecular formula is C20H19N3O3. The Hall–Kier alpha value is -3.25. The fourth-order valence-corrected chi connectivity index (χ4v) is 2.28. The summed E-state index contributed by atoms with van der Waals surface area (Å²) in [6, 6.07) is 16.7. The second-order valence-corrected chi connectivity index (χ2v) is 5.49. The Morgan fingerprint density at radius 3 is 2.58 bits per heavy atom. The van der Waals surface area contributed by atoms with E-state index in [1.807, 2.05) is 30.3 Å². The summed E-state index contributed by atoms with van der Waals surface area (Å²) in [5, 5.41) is 8.12. The summed E-state index contributed by atoms with van der Waals surface area (Å²) < 4.78 is 12.1. The van der Waals surface area contributed by atoms with Gasteiger partial charge in [-0.2, -0.15) is 0 Å². The lowest BCUT2D eigenvalue weighted by atomic mass is 10.1. The van der Waals surface area contributed by atoms with E-state index in [-0.39, 0.29) is 5.78 Å². The minimum absolute atomic E-state index is 0.109. The number of hydrogen-bond donors (Lipinski definition) is 0. The van der Waals surface area contributed by atoms with Gasteiger partial charge in [-0.3, -0.25) is 4.79 Å². The van der Waals surface area contributed by atoms with Gasteiger partial charge in [0.25, 0.3) is 0 Å². The number of methoxy groups -OCH3 is 1. The third kappa shape index (κ3) is 4.64. The van der Waals surface area contributed by atoms with Gasteiger partial charge in [0.1, 0.15) is 18.1 Å². The standard InChI is InChI=1S/C20H19N3O3/c1-25-13-14-26-19-10-7-16(8-11-19)20(24)12-9-17-15-23(22-21-17)18-5-3-2-4-6-18/h2-12,15H,13-14H2,1H3. The van der Waals surface area contributed by atoms with Gasteiger partial charge in [0.2, 0.25) is 0 Å². The molecule has 6 heteroatoms. The zero-order valence-corrected chi connectivity index (χ0v) is 14.4. The van der Waals surface area contributed by atoms with Crippen molar-refractivity contribution in [3.8, 4) is 11.4 Å². The van der Waals surface area contributed by atoms with Crippen molar-refractivity contribution in [3.05, 3.63) is 78.1 Å². The van der Waals surface area contributed by atoms with Gasteiger partial charge in [-0.25, -0.2) is 4.68 Å². The summed E-state index contributed by atoms with van der Waals surface area (Å²) >= 11 is 0. The Morgan fingerprint density at radius 1 is 1.08 bits per heavy atom. The summed E-state index contributed by atoms with van der Waals surface area (Å²) in [7, 11) is 1.62. The maximum Gasteiger partial charge on any atom is 0.185 e. The zero-order valence-electron chi connectivity index (χ0n) is 14.4. The highest BCUT2D eigenvalue weighted by atomic mass is 16.5. The Labute approximate surface area is 151 Å². The first-order chi connectivity index (χ1) is 12.8. The molecule has 0 bridgehead atoms. The molecule has 0 N–H and O–H groups in total. The SMILES string of the molecule is COCCOc1ccc(C(=O)C=Cc2cn(-c3ccccc3)nn2)cc1. The number of carbonyl (C=O) groups excluding carboxylic acids is 1. The molecule has 3 aromatic rings. The van der Waals surface area contributed by atoms with Crippen LogP contribution < -0.4 is 4.74 Å². The highest BCUT2D eigenvalue weighted by molar-refractivity contribution is 6.06. The number of nitrogens with zero attached hydrogens (tertiary/aromatic N) is 3. The number of rotatable bonds is 8. The molecule has 3 rings (SSSR count). The number of hydrogen-bond acceptors (Lipinski definition) is 5. The first-order valence-corrected chi connectivity index (χ1v) is 8.18. The van der Waals surface area contributed by atoms with Crippen LogP contribution in [0.4, 0.5) is 0 Å². The number of ketones is 1. The summed E-state index contributed by atoms with van der Waals surface area (Å²) in [5.41, 5.74) is 2.10. The summed E-state index contributed by atoms with van der Waals surface area (Å²) in [6.07, 6.45) is 4.91. The number of carbonyl (C=O) groups is 1. The van der Waals surface area contributed by atoms with Crippen molar-refractivity contribution in [1.29, 1.82) is 0 Å². The zero-order chi connectivity index (χ0) is 18.2. The number of aromatic nitrogens is 3. The number of benzene rings is 2. The Morgan fingerprint density at radius 2 is 1.85 bits per heavy atom. The number of para-hydroxylation sites is 1. The van der Waals surface area contributed by atoms with E-state index in [0.29, 0.717) is 30.2 Å². The molecule has 0 amide bonds. The van der Waals surface area contributed by atoms with E-state index in [1.165, 1.54) is 6.08 Å². The van der Waals surface area contributed by atoms with E-state index in [4.69, 9.17) is 9.47 Å². The molecule has 0 aliphatic heterocycles. The monoisotopic (exact) mass is 349 g/mol. The molecule has 1 heterocycles. The molecule has 0 saturated carbocycles. The van der Waals surface area contributed by atoms with Gasteiger partial charge in [0.05, 0.1) is 18.5 Å². The third-order valence-corrected chi connectivity index (χ3v) is 3.63. The van der Waals surface area contributed by atoms with E-state index < -0.39 is 0 Å². The van der Waals surface area contributed by atoms with Crippen molar-refractivity contribution in [2.45, 2.75) is 0 Å². The minimum atomic E-state index is -0.109. The van der Waals surface area contributed by atoms with Crippen LogP contribution in [-0.4, -0.2) is 41.1 Å². The Kier molecular flexibility index (Phi) is 5.90. The van der Waals surface area contributed by atoms with Crippen molar-refractivity contribution in [1.82, 2.24) is 15.0 Å². The van der Waals surface area contributed by atoms with E-state index in [2.05, 4.69) is 10.3 Å². The minimum Gasteiger partial charge on any atom is -0.491 e. The van der Waals surface area contributed by atoms with Crippen LogP contribution in [0.15, 0.2) is 66.9 Å². The van der Waals surface area contributed by atoms with Gasteiger partial charge in [-0.1, -0.05) is 23.4 Å². The lowest BCUT2D eigenvalue weighted by Crippen LogP contribution is -2.04. The molecule has 0 spiro atoms. The number of allylic oxidation sites excluding steroid dienone is 1. The van der Waals surface area contributed by atoms with E-state index in [9.17, 15) is 4.79 Å². The van der Waals surface area contributed by atoms with E-state index in [0.717, 1.165) is 5.69 Å². The highest BCUT2D eigenvalue weighted by Crippen LogP contribution is 2.13. The maximum absolute atomic E-state index is 12.3. The van der Waals surface area contributed by atoms with E-state index in [1.54, 1.807) is 48.3 Å². The van der Waals surface area contributed by atoms with Gasteiger partial charge in [-0.15, -0.1) is 5.10 Å². The van der Waals surface area contributed by atoms with Gasteiger partial charge < -0.3 is 9.47 Å². The van der Waals surface area contributed by atoms with Gasteiger partial charge in [0.15, 0.2) is 5.78 Å². The molecule has 0 aliphatic carbocycles. The van der Waals surface area contributed by atoms with Crippen LogP contribution in [0.3, 0.4) is 0 Å². The van der Waals surface area contributed by atoms with Crippen molar-refractivity contribution in [2.75, 3.05) is 20.3 Å². The molecule has 0 radical (unpaired) electrons. The van der Waals surface area contributed by atoms with Gasteiger partial charge in [0, 0.05) is 12.7 Å². The first-order valence-electron chi connectivity index (χ1n) is 8.18. The molecule has 1 aromatic heterocycles. The van der Waals surface area contributed by atoms with Crippen LogP contribution in [0, 0.1) is 0 Å². The van der Waals surface area contributed by atoms with E-state index >= 15 is 0 Å². The molecule has 0 saturated heterocycles. The van der Waals surface area contributed by atoms with Crippen LogP contribution >= 0.6 is 0 Å². The molecule has 0 unspecified atom stereocenters. The second-order valence-electron chi connectivity index (χ2n) is 5.49. The average molecular weight is 349 g/mol. The highest BCUT2D eigenvalue weighted by Gasteiger charge is 2.04. The largest absolute Gasteiger partial charge is 0.491 e. The van der Waals surface area contributed by atoms with Crippen molar-refractivity contribution in [3.63, 3.8) is 0 Å². The summed E-state index contributed by atoms with van der Waals surface area (Å²) in [6.45, 7) is 0.994. The van der Waals surface area contributed by atoms with Crippen LogP contribution in [0.1, 0.15) is 16.1 Å². The molecule has 26 heavy (non-hydrogen) atoms. The smallest absolute Gasteiger partial charge is 0.185 e. The Balaban J connectivity index is 1.62. The molecule has 0 atom stereocenters. The molecule has 0 fully saturated rings. The van der Waals surface area contributed by atoms with Crippen molar-refractivity contribution < 1.29 is 14.3 Å². The summed E-state index contributed by atoms with van der Waals surface area (Å²) in [4.78, 5) is 12.3. The second kappa shape index (κ2) is 8.73. The number of ether oxygens (including phenoxy) is 2. The topological polar surface area (TPSA) is 66.2 Å². The first kappa shape index (κ1) is 17.6. The lowest BCUT2D eigenvalue weighted by molar-refractivity contribution is 0.104. The maximum atomic E-state index is 12.3. The van der Waals surface area contributed by atoms with Crippen molar-refractivity contribution in [2.24, 2.45) is 0 Å². The van der Waals surface area contributed by atoms with Crippen LogP contribution in [0.5, 0.6) is 5.75 Å². The van der Waals surface area contributed by atoms with Gasteiger partial charge >= 0.3 is 0 Å². The molecule has 2 aromatic carbocycles. The average Bonchev–Trinajstić information content (AvgIpc) is 3.17. The van der Waals surface area contributed by atoms with Crippen LogP contribution in [-0.2, 0) is 4.74 Å². The Bertz CT molecular complexity index is 871. The fourth-order valence-electron chi connectivity index (χ4n) is 2.28. The lowest BCUT2D eigenvalue weighted by Gasteiger charge is -2.05. The predicted molar refractivity (Wildman–Crippen MR) is 98.5 cm³/mol. The third-order valence-electron chi connectivity index (χ3n) is 3.63. The molecular weight excluding hydrogens is 330 g/mol. The van der Waals surface area contributed by atoms with Crippen molar-refractivity contribution >= 4 is 11.9 Å². The van der Waals surface area contributed by atoms with Gasteiger partial charge in [-0.05, 0) is 48.6 Å². The normalized spacial score (nSPS) is 11.0. The quantitative estimate of drug-likeness (QED) is 0.355. The molecule has 6 nitrogen and oxygen atoms in total. The van der Waals surface area contributed by atoms with Crippen LogP contribution in [0.25, 0.3) is 11.8 Å². The molecule has 132 valence electrons. The molecule has 0 aliphatic rings. The summed E-state index contributed by atoms with van der Waals surface area (Å²) in [5.74, 6) is 0.594. The van der Waals surface area contributed by atoms with Crippen LogP contribution in [0.2, 0.25) is 0 Å². The fraction of sp³-hybridized carbons (Fsp3) is 0.150.